The highest BCUT2D eigenvalue weighted by molar-refractivity contribution is 5.93. The molecule has 1 aliphatic rings. The Morgan fingerprint density at radius 2 is 2.00 bits per heavy atom. The van der Waals surface area contributed by atoms with E-state index >= 15 is 0 Å². The zero-order chi connectivity index (χ0) is 18.0. The first-order valence-corrected chi connectivity index (χ1v) is 8.20. The molecule has 2 aromatic rings. The van der Waals surface area contributed by atoms with E-state index in [1.165, 1.54) is 0 Å². The highest BCUT2D eigenvalue weighted by Gasteiger charge is 2.31. The van der Waals surface area contributed by atoms with E-state index in [9.17, 15) is 9.59 Å². The molecule has 0 aliphatic carbocycles. The molecule has 3 rings (SSSR count). The van der Waals surface area contributed by atoms with Crippen LogP contribution in [0, 0.1) is 13.8 Å². The number of rotatable bonds is 4. The van der Waals surface area contributed by atoms with Gasteiger partial charge in [0.25, 0.3) is 5.91 Å². The average Bonchev–Trinajstić information content (AvgIpc) is 2.97. The SMILES string of the molecule is Cc1ccc(-n2nc(C(=O)N3CCOCC3CC(=O)O)cc2C)cc1. The number of amides is 1. The summed E-state index contributed by atoms with van der Waals surface area (Å²) in [6.07, 6.45) is -0.136. The van der Waals surface area contributed by atoms with Crippen molar-refractivity contribution in [1.82, 2.24) is 14.7 Å². The fraction of sp³-hybridized carbons (Fsp3) is 0.389. The van der Waals surface area contributed by atoms with Crippen molar-refractivity contribution in [3.8, 4) is 5.69 Å². The minimum atomic E-state index is -0.949. The van der Waals surface area contributed by atoms with Gasteiger partial charge in [-0.15, -0.1) is 0 Å². The number of carbonyl (C=O) groups is 2. The van der Waals surface area contributed by atoms with Crippen molar-refractivity contribution in [2.45, 2.75) is 26.3 Å². The van der Waals surface area contributed by atoms with Crippen molar-refractivity contribution < 1.29 is 19.4 Å². The largest absolute Gasteiger partial charge is 0.481 e. The summed E-state index contributed by atoms with van der Waals surface area (Å²) in [5.74, 6) is -1.21. The van der Waals surface area contributed by atoms with Gasteiger partial charge in [-0.1, -0.05) is 17.7 Å². The number of carboxylic acids is 1. The van der Waals surface area contributed by atoms with Gasteiger partial charge in [0.15, 0.2) is 5.69 Å². The van der Waals surface area contributed by atoms with Gasteiger partial charge in [0.1, 0.15) is 0 Å². The van der Waals surface area contributed by atoms with Crippen LogP contribution in [0.2, 0.25) is 0 Å². The van der Waals surface area contributed by atoms with Crippen molar-refractivity contribution in [2.75, 3.05) is 19.8 Å². The van der Waals surface area contributed by atoms with E-state index in [-0.39, 0.29) is 18.9 Å². The molecule has 1 fully saturated rings. The van der Waals surface area contributed by atoms with E-state index in [0.29, 0.717) is 18.8 Å². The average molecular weight is 343 g/mol. The molecule has 7 heteroatoms. The quantitative estimate of drug-likeness (QED) is 0.915. The van der Waals surface area contributed by atoms with E-state index < -0.39 is 12.0 Å². The molecule has 1 atom stereocenters. The molecule has 1 N–H and O–H groups in total. The lowest BCUT2D eigenvalue weighted by atomic mass is 10.1. The van der Waals surface area contributed by atoms with Crippen LogP contribution in [0.3, 0.4) is 0 Å². The second-order valence-corrected chi connectivity index (χ2v) is 6.24. The number of hydrogen-bond acceptors (Lipinski definition) is 4. The summed E-state index contributed by atoms with van der Waals surface area (Å²) in [5.41, 5.74) is 3.19. The van der Waals surface area contributed by atoms with Crippen LogP contribution >= 0.6 is 0 Å². The Morgan fingerprint density at radius 1 is 1.28 bits per heavy atom. The zero-order valence-corrected chi connectivity index (χ0v) is 14.3. The maximum absolute atomic E-state index is 12.8. The molecule has 7 nitrogen and oxygen atoms in total. The van der Waals surface area contributed by atoms with Crippen LogP contribution < -0.4 is 0 Å². The molecule has 1 aromatic carbocycles. The fourth-order valence-corrected chi connectivity index (χ4v) is 2.97. The van der Waals surface area contributed by atoms with Crippen LogP contribution in [0.15, 0.2) is 30.3 Å². The van der Waals surface area contributed by atoms with Crippen molar-refractivity contribution in [3.63, 3.8) is 0 Å². The topological polar surface area (TPSA) is 84.7 Å². The van der Waals surface area contributed by atoms with Gasteiger partial charge < -0.3 is 14.7 Å². The molecule has 0 saturated carbocycles. The first-order valence-electron chi connectivity index (χ1n) is 8.20. The highest BCUT2D eigenvalue weighted by Crippen LogP contribution is 2.18. The Kier molecular flexibility index (Phi) is 4.85. The first-order chi connectivity index (χ1) is 12.0. The number of ether oxygens (including phenoxy) is 1. The monoisotopic (exact) mass is 343 g/mol. The predicted molar refractivity (Wildman–Crippen MR) is 90.9 cm³/mol. The standard InChI is InChI=1S/C18H21N3O4/c1-12-3-5-14(6-4-12)21-13(2)9-16(19-21)18(24)20-7-8-25-11-15(20)10-17(22)23/h3-6,9,15H,7-8,10-11H2,1-2H3,(H,22,23). The number of morpholine rings is 1. The third kappa shape index (κ3) is 3.71. The van der Waals surface area contributed by atoms with Crippen LogP contribution in [0.5, 0.6) is 0 Å². The predicted octanol–water partition coefficient (Wildman–Crippen LogP) is 1.80. The van der Waals surface area contributed by atoms with Gasteiger partial charge in [-0.25, -0.2) is 4.68 Å². The fourth-order valence-electron chi connectivity index (χ4n) is 2.97. The minimum absolute atomic E-state index is 0.136. The maximum atomic E-state index is 12.8. The second-order valence-electron chi connectivity index (χ2n) is 6.24. The number of hydrogen-bond donors (Lipinski definition) is 1. The van der Waals surface area contributed by atoms with Crippen LogP contribution in [0.1, 0.15) is 28.2 Å². The third-order valence-electron chi connectivity index (χ3n) is 4.28. The molecule has 2 heterocycles. The number of benzene rings is 1. The molecule has 25 heavy (non-hydrogen) atoms. The molecular formula is C18H21N3O4. The number of aliphatic carboxylic acids is 1. The Bertz CT molecular complexity index is 782. The smallest absolute Gasteiger partial charge is 0.305 e. The van der Waals surface area contributed by atoms with Gasteiger partial charge >= 0.3 is 5.97 Å². The lowest BCUT2D eigenvalue weighted by Gasteiger charge is -2.34. The van der Waals surface area contributed by atoms with Crippen molar-refractivity contribution >= 4 is 11.9 Å². The zero-order valence-electron chi connectivity index (χ0n) is 14.3. The van der Waals surface area contributed by atoms with Gasteiger partial charge in [-0.2, -0.15) is 5.10 Å². The normalized spacial score (nSPS) is 17.5. The van der Waals surface area contributed by atoms with Crippen LogP contribution in [0.25, 0.3) is 5.69 Å². The van der Waals surface area contributed by atoms with Crippen LogP contribution in [0.4, 0.5) is 0 Å². The van der Waals surface area contributed by atoms with Gasteiger partial charge in [0, 0.05) is 12.2 Å². The summed E-state index contributed by atoms with van der Waals surface area (Å²) >= 11 is 0. The van der Waals surface area contributed by atoms with Crippen LogP contribution in [-0.2, 0) is 9.53 Å². The molecule has 1 unspecified atom stereocenters. The summed E-state index contributed by atoms with van der Waals surface area (Å²) in [4.78, 5) is 25.4. The number of aryl methyl sites for hydroxylation is 2. The van der Waals surface area contributed by atoms with E-state index in [2.05, 4.69) is 5.10 Å². The van der Waals surface area contributed by atoms with Gasteiger partial charge in [-0.3, -0.25) is 9.59 Å². The number of nitrogens with zero attached hydrogens (tertiary/aromatic N) is 3. The molecule has 132 valence electrons. The van der Waals surface area contributed by atoms with Crippen molar-refractivity contribution in [2.24, 2.45) is 0 Å². The van der Waals surface area contributed by atoms with Gasteiger partial charge in [0.05, 0.1) is 31.4 Å². The Hall–Kier alpha value is -2.67. The Morgan fingerprint density at radius 3 is 2.68 bits per heavy atom. The molecule has 0 bridgehead atoms. The van der Waals surface area contributed by atoms with E-state index in [1.807, 2.05) is 38.1 Å². The first kappa shape index (κ1) is 17.2. The number of aromatic nitrogens is 2. The van der Waals surface area contributed by atoms with E-state index in [1.54, 1.807) is 15.6 Å². The van der Waals surface area contributed by atoms with Gasteiger partial charge in [-0.05, 0) is 32.0 Å². The molecule has 1 aliphatic heterocycles. The lowest BCUT2D eigenvalue weighted by Crippen LogP contribution is -2.49. The molecule has 1 saturated heterocycles. The molecule has 1 amide bonds. The molecular weight excluding hydrogens is 322 g/mol. The lowest BCUT2D eigenvalue weighted by molar-refractivity contribution is -0.139. The summed E-state index contributed by atoms with van der Waals surface area (Å²) in [6, 6.07) is 9.14. The minimum Gasteiger partial charge on any atom is -0.481 e. The third-order valence-corrected chi connectivity index (χ3v) is 4.28. The van der Waals surface area contributed by atoms with E-state index in [0.717, 1.165) is 16.9 Å². The Balaban J connectivity index is 1.85. The van der Waals surface area contributed by atoms with E-state index in [4.69, 9.17) is 9.84 Å². The Labute approximate surface area is 145 Å². The second kappa shape index (κ2) is 7.06. The molecule has 0 radical (unpaired) electrons. The molecule has 0 spiro atoms. The summed E-state index contributed by atoms with van der Waals surface area (Å²) < 4.78 is 7.05. The number of carboxylic acid groups (broad SMARTS) is 1. The van der Waals surface area contributed by atoms with Crippen molar-refractivity contribution in [3.05, 3.63) is 47.3 Å². The molecule has 1 aromatic heterocycles. The maximum Gasteiger partial charge on any atom is 0.305 e. The summed E-state index contributed by atoms with van der Waals surface area (Å²) in [5, 5.41) is 13.5. The summed E-state index contributed by atoms with van der Waals surface area (Å²) in [6.45, 7) is 4.90. The van der Waals surface area contributed by atoms with Crippen molar-refractivity contribution in [1.29, 1.82) is 0 Å². The number of carbonyl (C=O) groups excluding carboxylic acids is 1. The van der Waals surface area contributed by atoms with Crippen LogP contribution in [-0.4, -0.2) is 57.5 Å². The highest BCUT2D eigenvalue weighted by atomic mass is 16.5. The van der Waals surface area contributed by atoms with Gasteiger partial charge in [0.2, 0.25) is 0 Å². The summed E-state index contributed by atoms with van der Waals surface area (Å²) in [7, 11) is 0.